The molecule has 0 amide bonds. The van der Waals surface area contributed by atoms with E-state index in [-0.39, 0.29) is 5.03 Å². The number of anilines is 1. The number of pyridine rings is 1. The molecule has 1 heterocycles. The van der Waals surface area contributed by atoms with E-state index >= 15 is 0 Å². The number of rotatable bonds is 5. The molecule has 1 aliphatic rings. The van der Waals surface area contributed by atoms with Crippen LogP contribution in [0.4, 0.5) is 5.69 Å². The summed E-state index contributed by atoms with van der Waals surface area (Å²) < 4.78 is 26.5. The van der Waals surface area contributed by atoms with Crippen molar-refractivity contribution < 1.29 is 8.42 Å². The van der Waals surface area contributed by atoms with Gasteiger partial charge in [0.05, 0.1) is 5.69 Å². The fraction of sp³-hybridized carbons (Fsp3) is 0.615. The molecule has 0 spiro atoms. The van der Waals surface area contributed by atoms with Crippen molar-refractivity contribution in [3.05, 3.63) is 18.3 Å². The maximum Gasteiger partial charge on any atom is 0.262 e. The van der Waals surface area contributed by atoms with Crippen LogP contribution >= 0.6 is 0 Å². The second-order valence-corrected chi connectivity index (χ2v) is 7.00. The van der Waals surface area contributed by atoms with Gasteiger partial charge in [-0.1, -0.05) is 12.8 Å². The molecular formula is C13H21N3O2S. The lowest BCUT2D eigenvalue weighted by atomic mass is 10.1. The van der Waals surface area contributed by atoms with Gasteiger partial charge in [-0.3, -0.25) is 0 Å². The average Bonchev–Trinajstić information content (AvgIpc) is 2.91. The molecule has 19 heavy (non-hydrogen) atoms. The SMILES string of the molecule is CNc1cccnc1S(=O)(=O)N(C)CC1CCCC1. The topological polar surface area (TPSA) is 62.3 Å². The van der Waals surface area contributed by atoms with Crippen LogP contribution in [0.3, 0.4) is 0 Å². The van der Waals surface area contributed by atoms with Gasteiger partial charge in [-0.2, -0.15) is 4.31 Å². The monoisotopic (exact) mass is 283 g/mol. The highest BCUT2D eigenvalue weighted by Crippen LogP contribution is 2.28. The molecule has 0 saturated heterocycles. The maximum absolute atomic E-state index is 12.5. The Balaban J connectivity index is 2.20. The van der Waals surface area contributed by atoms with E-state index in [1.54, 1.807) is 26.2 Å². The van der Waals surface area contributed by atoms with Crippen molar-refractivity contribution in [3.8, 4) is 0 Å². The van der Waals surface area contributed by atoms with Gasteiger partial charge in [0.2, 0.25) is 0 Å². The quantitative estimate of drug-likeness (QED) is 0.897. The largest absolute Gasteiger partial charge is 0.386 e. The van der Waals surface area contributed by atoms with Crippen molar-refractivity contribution in [3.63, 3.8) is 0 Å². The average molecular weight is 283 g/mol. The molecule has 1 aliphatic carbocycles. The summed E-state index contributed by atoms with van der Waals surface area (Å²) in [5, 5.41) is 2.99. The molecular weight excluding hydrogens is 262 g/mol. The molecule has 1 N–H and O–H groups in total. The Kier molecular flexibility index (Phi) is 4.42. The smallest absolute Gasteiger partial charge is 0.262 e. The number of hydrogen-bond acceptors (Lipinski definition) is 4. The lowest BCUT2D eigenvalue weighted by molar-refractivity contribution is 0.386. The summed E-state index contributed by atoms with van der Waals surface area (Å²) in [6.07, 6.45) is 6.19. The van der Waals surface area contributed by atoms with E-state index in [1.165, 1.54) is 23.3 Å². The minimum absolute atomic E-state index is 0.109. The summed E-state index contributed by atoms with van der Waals surface area (Å²) in [4.78, 5) is 4.02. The first-order chi connectivity index (χ1) is 9.05. The Hall–Kier alpha value is -1.14. The zero-order chi connectivity index (χ0) is 13.9. The van der Waals surface area contributed by atoms with E-state index in [0.717, 1.165) is 12.8 Å². The van der Waals surface area contributed by atoms with Crippen LogP contribution in [-0.2, 0) is 10.0 Å². The van der Waals surface area contributed by atoms with Crippen molar-refractivity contribution in [2.75, 3.05) is 26.0 Å². The molecule has 1 fully saturated rings. The minimum Gasteiger partial charge on any atom is -0.386 e. The van der Waals surface area contributed by atoms with Gasteiger partial charge in [0, 0.05) is 26.8 Å². The Morgan fingerprint density at radius 1 is 1.42 bits per heavy atom. The fourth-order valence-electron chi connectivity index (χ4n) is 2.59. The van der Waals surface area contributed by atoms with E-state index in [2.05, 4.69) is 10.3 Å². The molecule has 0 aromatic carbocycles. The zero-order valence-corrected chi connectivity index (χ0v) is 12.3. The second-order valence-electron chi connectivity index (χ2n) is 5.04. The first-order valence-corrected chi connectivity index (χ1v) is 8.09. The lowest BCUT2D eigenvalue weighted by Crippen LogP contribution is -2.32. The van der Waals surface area contributed by atoms with Gasteiger partial charge >= 0.3 is 0 Å². The number of nitrogens with one attached hydrogen (secondary N) is 1. The summed E-state index contributed by atoms with van der Waals surface area (Å²) >= 11 is 0. The van der Waals surface area contributed by atoms with Crippen molar-refractivity contribution in [2.45, 2.75) is 30.7 Å². The van der Waals surface area contributed by atoms with E-state index in [1.807, 2.05) is 0 Å². The Morgan fingerprint density at radius 2 is 2.11 bits per heavy atom. The maximum atomic E-state index is 12.5. The number of hydrogen-bond donors (Lipinski definition) is 1. The van der Waals surface area contributed by atoms with E-state index in [9.17, 15) is 8.42 Å². The van der Waals surface area contributed by atoms with Crippen molar-refractivity contribution in [1.29, 1.82) is 0 Å². The van der Waals surface area contributed by atoms with Gasteiger partial charge in [-0.15, -0.1) is 0 Å². The van der Waals surface area contributed by atoms with Crippen LogP contribution in [0.1, 0.15) is 25.7 Å². The van der Waals surface area contributed by atoms with Crippen LogP contribution in [-0.4, -0.2) is 38.3 Å². The van der Waals surface area contributed by atoms with Crippen LogP contribution in [0, 0.1) is 5.92 Å². The molecule has 0 unspecified atom stereocenters. The standard InChI is InChI=1S/C13H21N3O2S/c1-14-12-8-5-9-15-13(12)19(17,18)16(2)10-11-6-3-4-7-11/h5,8-9,11,14H,3-4,6-7,10H2,1-2H3. The van der Waals surface area contributed by atoms with Crippen LogP contribution < -0.4 is 5.32 Å². The highest BCUT2D eigenvalue weighted by Gasteiger charge is 2.28. The Bertz CT molecular complexity index is 524. The van der Waals surface area contributed by atoms with Crippen molar-refractivity contribution >= 4 is 15.7 Å². The summed E-state index contributed by atoms with van der Waals surface area (Å²) in [5.41, 5.74) is 0.542. The van der Waals surface area contributed by atoms with Gasteiger partial charge < -0.3 is 5.32 Å². The van der Waals surface area contributed by atoms with Gasteiger partial charge in [0.15, 0.2) is 5.03 Å². The van der Waals surface area contributed by atoms with E-state index in [4.69, 9.17) is 0 Å². The molecule has 0 radical (unpaired) electrons. The van der Waals surface area contributed by atoms with Crippen molar-refractivity contribution in [2.24, 2.45) is 5.92 Å². The molecule has 1 aromatic heterocycles. The molecule has 1 aromatic rings. The van der Waals surface area contributed by atoms with E-state index in [0.29, 0.717) is 18.2 Å². The molecule has 2 rings (SSSR count). The molecule has 106 valence electrons. The summed E-state index contributed by atoms with van der Waals surface area (Å²) in [6, 6.07) is 3.45. The summed E-state index contributed by atoms with van der Waals surface area (Å²) in [5.74, 6) is 0.488. The third-order valence-corrected chi connectivity index (χ3v) is 5.47. The van der Waals surface area contributed by atoms with Gasteiger partial charge in [-0.05, 0) is 30.9 Å². The van der Waals surface area contributed by atoms with Gasteiger partial charge in [0.25, 0.3) is 10.0 Å². The van der Waals surface area contributed by atoms with Crippen LogP contribution in [0.25, 0.3) is 0 Å². The fourth-order valence-corrected chi connectivity index (χ4v) is 3.93. The third kappa shape index (κ3) is 3.06. The molecule has 0 bridgehead atoms. The number of nitrogens with zero attached hydrogens (tertiary/aromatic N) is 2. The highest BCUT2D eigenvalue weighted by molar-refractivity contribution is 7.89. The lowest BCUT2D eigenvalue weighted by Gasteiger charge is -2.21. The number of aromatic nitrogens is 1. The molecule has 0 aliphatic heterocycles. The predicted molar refractivity (Wildman–Crippen MR) is 75.6 cm³/mol. The zero-order valence-electron chi connectivity index (χ0n) is 11.5. The predicted octanol–water partition coefficient (Wildman–Crippen LogP) is 1.93. The Labute approximate surface area is 115 Å². The molecule has 1 saturated carbocycles. The Morgan fingerprint density at radius 3 is 2.74 bits per heavy atom. The van der Waals surface area contributed by atoms with Gasteiger partial charge in [-0.25, -0.2) is 13.4 Å². The normalized spacial score (nSPS) is 17.0. The summed E-state index contributed by atoms with van der Waals surface area (Å²) in [6.45, 7) is 0.585. The first kappa shape index (κ1) is 14.3. The second kappa shape index (κ2) is 5.88. The van der Waals surface area contributed by atoms with Crippen molar-refractivity contribution in [1.82, 2.24) is 9.29 Å². The third-order valence-electron chi connectivity index (χ3n) is 3.69. The van der Waals surface area contributed by atoms with Crippen LogP contribution in [0.2, 0.25) is 0 Å². The van der Waals surface area contributed by atoms with Crippen LogP contribution in [0.5, 0.6) is 0 Å². The van der Waals surface area contributed by atoms with Gasteiger partial charge in [0.1, 0.15) is 0 Å². The number of sulfonamides is 1. The minimum atomic E-state index is -3.51. The first-order valence-electron chi connectivity index (χ1n) is 6.65. The van der Waals surface area contributed by atoms with E-state index < -0.39 is 10.0 Å². The molecule has 0 atom stereocenters. The van der Waals surface area contributed by atoms with Crippen LogP contribution in [0.15, 0.2) is 23.4 Å². The summed E-state index contributed by atoms with van der Waals surface area (Å²) in [7, 11) is -0.167. The molecule has 6 heteroatoms. The highest BCUT2D eigenvalue weighted by atomic mass is 32.2. The molecule has 5 nitrogen and oxygen atoms in total.